The first kappa shape index (κ1) is 15.3. The SMILES string of the molecule is CN(C)c1ccc(C=Nc2cc3c(ccc4ccccc43)cn2)cc1. The molecule has 3 nitrogen and oxygen atoms in total. The summed E-state index contributed by atoms with van der Waals surface area (Å²) in [6.45, 7) is 0. The van der Waals surface area contributed by atoms with Crippen LogP contribution in [0.3, 0.4) is 0 Å². The molecule has 0 aliphatic rings. The van der Waals surface area contributed by atoms with E-state index in [0.717, 1.165) is 16.8 Å². The van der Waals surface area contributed by atoms with Gasteiger partial charge in [0.1, 0.15) is 0 Å². The highest BCUT2D eigenvalue weighted by Crippen LogP contribution is 2.27. The Morgan fingerprint density at radius 3 is 2.40 bits per heavy atom. The van der Waals surface area contributed by atoms with Crippen molar-refractivity contribution in [1.29, 1.82) is 0 Å². The van der Waals surface area contributed by atoms with Crippen LogP contribution in [0.15, 0.2) is 77.9 Å². The summed E-state index contributed by atoms with van der Waals surface area (Å²) in [5.74, 6) is 0.723. The number of aliphatic imine (C=N–C) groups is 1. The normalized spacial score (nSPS) is 11.4. The second-order valence-electron chi connectivity index (χ2n) is 6.29. The number of hydrogen-bond acceptors (Lipinski definition) is 3. The summed E-state index contributed by atoms with van der Waals surface area (Å²) in [5, 5.41) is 4.78. The number of nitrogens with zero attached hydrogens (tertiary/aromatic N) is 3. The predicted octanol–water partition coefficient (Wildman–Crippen LogP) is 5.20. The van der Waals surface area contributed by atoms with Gasteiger partial charge in [-0.2, -0.15) is 0 Å². The Morgan fingerprint density at radius 1 is 0.840 bits per heavy atom. The van der Waals surface area contributed by atoms with Crippen LogP contribution in [-0.4, -0.2) is 25.3 Å². The first-order valence-electron chi connectivity index (χ1n) is 8.30. The number of benzene rings is 3. The third-order valence-electron chi connectivity index (χ3n) is 4.37. The molecule has 0 aliphatic carbocycles. The van der Waals surface area contributed by atoms with E-state index in [2.05, 4.69) is 81.6 Å². The molecule has 0 atom stereocenters. The highest BCUT2D eigenvalue weighted by molar-refractivity contribution is 6.07. The number of hydrogen-bond donors (Lipinski definition) is 0. The second kappa shape index (κ2) is 6.36. The Hall–Kier alpha value is -3.20. The molecule has 122 valence electrons. The maximum atomic E-state index is 4.56. The molecule has 0 fully saturated rings. The van der Waals surface area contributed by atoms with Gasteiger partial charge in [-0.25, -0.2) is 9.98 Å². The fraction of sp³-hybridized carbons (Fsp3) is 0.0909. The molecule has 4 aromatic rings. The lowest BCUT2D eigenvalue weighted by Crippen LogP contribution is -2.08. The zero-order chi connectivity index (χ0) is 17.2. The van der Waals surface area contributed by atoms with Gasteiger partial charge in [0.15, 0.2) is 5.82 Å². The first-order chi connectivity index (χ1) is 12.2. The topological polar surface area (TPSA) is 28.5 Å². The smallest absolute Gasteiger partial charge is 0.152 e. The van der Waals surface area contributed by atoms with Crippen LogP contribution in [0.5, 0.6) is 0 Å². The van der Waals surface area contributed by atoms with Crippen LogP contribution in [0.25, 0.3) is 21.5 Å². The summed E-state index contributed by atoms with van der Waals surface area (Å²) < 4.78 is 0. The molecule has 4 rings (SSSR count). The van der Waals surface area contributed by atoms with Crippen molar-refractivity contribution in [3.8, 4) is 0 Å². The van der Waals surface area contributed by atoms with Gasteiger partial charge >= 0.3 is 0 Å². The van der Waals surface area contributed by atoms with Crippen LogP contribution < -0.4 is 4.90 Å². The molecule has 0 bridgehead atoms. The first-order valence-corrected chi connectivity index (χ1v) is 8.30. The molecule has 25 heavy (non-hydrogen) atoms. The Balaban J connectivity index is 1.70. The summed E-state index contributed by atoms with van der Waals surface area (Å²) in [6, 6.07) is 23.0. The molecule has 3 aromatic carbocycles. The number of fused-ring (bicyclic) bond motifs is 3. The molecule has 0 saturated heterocycles. The van der Waals surface area contributed by atoms with E-state index in [4.69, 9.17) is 0 Å². The fourth-order valence-corrected chi connectivity index (χ4v) is 2.96. The third-order valence-corrected chi connectivity index (χ3v) is 4.37. The van der Waals surface area contributed by atoms with Crippen molar-refractivity contribution in [3.05, 3.63) is 78.5 Å². The lowest BCUT2D eigenvalue weighted by molar-refractivity contribution is 1.13. The highest BCUT2D eigenvalue weighted by Gasteiger charge is 2.02. The predicted molar refractivity (Wildman–Crippen MR) is 107 cm³/mol. The lowest BCUT2D eigenvalue weighted by atomic mass is 10.0. The molecule has 3 heteroatoms. The Morgan fingerprint density at radius 2 is 1.60 bits per heavy atom. The maximum Gasteiger partial charge on any atom is 0.152 e. The van der Waals surface area contributed by atoms with Crippen molar-refractivity contribution in [2.75, 3.05) is 19.0 Å². The number of rotatable bonds is 3. The summed E-state index contributed by atoms with van der Waals surface area (Å²) in [4.78, 5) is 11.1. The molecule has 0 aliphatic heterocycles. The molecule has 1 aromatic heterocycles. The third kappa shape index (κ3) is 3.09. The van der Waals surface area contributed by atoms with Gasteiger partial charge in [-0.05, 0) is 39.9 Å². The highest BCUT2D eigenvalue weighted by atomic mass is 15.1. The molecule has 1 heterocycles. The van der Waals surface area contributed by atoms with Gasteiger partial charge in [-0.1, -0.05) is 48.5 Å². The van der Waals surface area contributed by atoms with E-state index in [-0.39, 0.29) is 0 Å². The number of pyridine rings is 1. The van der Waals surface area contributed by atoms with Crippen molar-refractivity contribution in [2.45, 2.75) is 0 Å². The van der Waals surface area contributed by atoms with Crippen LogP contribution in [-0.2, 0) is 0 Å². The summed E-state index contributed by atoms with van der Waals surface area (Å²) in [5.41, 5.74) is 2.23. The van der Waals surface area contributed by atoms with E-state index < -0.39 is 0 Å². The van der Waals surface area contributed by atoms with E-state index in [9.17, 15) is 0 Å². The van der Waals surface area contributed by atoms with Crippen LogP contribution >= 0.6 is 0 Å². The van der Waals surface area contributed by atoms with Crippen LogP contribution in [0, 0.1) is 0 Å². The van der Waals surface area contributed by atoms with E-state index in [1.165, 1.54) is 21.8 Å². The van der Waals surface area contributed by atoms with E-state index in [1.807, 2.05) is 26.5 Å². The average Bonchev–Trinajstić information content (AvgIpc) is 2.66. The quantitative estimate of drug-likeness (QED) is 0.382. The molecular formula is C22H19N3. The van der Waals surface area contributed by atoms with Crippen molar-refractivity contribution in [2.24, 2.45) is 4.99 Å². The average molecular weight is 325 g/mol. The van der Waals surface area contributed by atoms with Crippen molar-refractivity contribution in [3.63, 3.8) is 0 Å². The fourth-order valence-electron chi connectivity index (χ4n) is 2.96. The van der Waals surface area contributed by atoms with Gasteiger partial charge < -0.3 is 4.90 Å². The van der Waals surface area contributed by atoms with Crippen molar-refractivity contribution in [1.82, 2.24) is 4.98 Å². The summed E-state index contributed by atoms with van der Waals surface area (Å²) in [6.07, 6.45) is 3.75. The molecule has 0 amide bonds. The van der Waals surface area contributed by atoms with Crippen molar-refractivity contribution >= 4 is 39.3 Å². The maximum absolute atomic E-state index is 4.56. The second-order valence-corrected chi connectivity index (χ2v) is 6.29. The van der Waals surface area contributed by atoms with Gasteiger partial charge in [0.2, 0.25) is 0 Å². The van der Waals surface area contributed by atoms with Gasteiger partial charge in [-0.15, -0.1) is 0 Å². The number of anilines is 1. The largest absolute Gasteiger partial charge is 0.378 e. The van der Waals surface area contributed by atoms with E-state index in [0.29, 0.717) is 0 Å². The molecule has 0 saturated carbocycles. The molecule has 0 spiro atoms. The van der Waals surface area contributed by atoms with Gasteiger partial charge in [-0.3, -0.25) is 0 Å². The molecule has 0 radical (unpaired) electrons. The molecule has 0 N–H and O–H groups in total. The number of aromatic nitrogens is 1. The lowest BCUT2D eigenvalue weighted by Gasteiger charge is -2.11. The minimum absolute atomic E-state index is 0.723. The van der Waals surface area contributed by atoms with Crippen LogP contribution in [0.1, 0.15) is 5.56 Å². The van der Waals surface area contributed by atoms with E-state index >= 15 is 0 Å². The Bertz CT molecular complexity index is 1060. The summed E-state index contributed by atoms with van der Waals surface area (Å²) in [7, 11) is 4.07. The summed E-state index contributed by atoms with van der Waals surface area (Å²) >= 11 is 0. The Labute approximate surface area is 147 Å². The van der Waals surface area contributed by atoms with Crippen LogP contribution in [0.4, 0.5) is 11.5 Å². The minimum Gasteiger partial charge on any atom is -0.378 e. The minimum atomic E-state index is 0.723. The van der Waals surface area contributed by atoms with Crippen molar-refractivity contribution < 1.29 is 0 Å². The van der Waals surface area contributed by atoms with Crippen LogP contribution in [0.2, 0.25) is 0 Å². The van der Waals surface area contributed by atoms with Gasteiger partial charge in [0.25, 0.3) is 0 Å². The zero-order valence-electron chi connectivity index (χ0n) is 14.3. The standard InChI is InChI=1S/C22H19N3/c1-25(2)19-11-7-16(8-12-19)14-23-22-13-21-18(15-24-22)10-9-17-5-3-4-6-20(17)21/h3-15H,1-2H3. The van der Waals surface area contributed by atoms with Gasteiger partial charge in [0.05, 0.1) is 0 Å². The van der Waals surface area contributed by atoms with Gasteiger partial charge in [0, 0.05) is 37.6 Å². The molecular weight excluding hydrogens is 306 g/mol. The monoisotopic (exact) mass is 325 g/mol. The Kier molecular flexibility index (Phi) is 3.90. The zero-order valence-corrected chi connectivity index (χ0v) is 14.3. The van der Waals surface area contributed by atoms with E-state index in [1.54, 1.807) is 0 Å². The molecule has 0 unspecified atom stereocenters.